The molecular weight excluding hydrogens is 442 g/mol. The van der Waals surface area contributed by atoms with E-state index in [1.807, 2.05) is 40.9 Å². The van der Waals surface area contributed by atoms with E-state index in [0.717, 1.165) is 21.9 Å². The number of rotatable bonds is 7. The number of carbonyl (C=O) groups excluding carboxylic acids is 1. The smallest absolute Gasteiger partial charge is 0.275 e. The average molecular weight is 466 g/mol. The summed E-state index contributed by atoms with van der Waals surface area (Å²) in [5.41, 5.74) is 4.89. The van der Waals surface area contributed by atoms with Crippen LogP contribution in [0.3, 0.4) is 0 Å². The van der Waals surface area contributed by atoms with Gasteiger partial charge >= 0.3 is 0 Å². The predicted molar refractivity (Wildman–Crippen MR) is 124 cm³/mol. The lowest BCUT2D eigenvalue weighted by Crippen LogP contribution is -2.27. The predicted octanol–water partition coefficient (Wildman–Crippen LogP) is 4.46. The van der Waals surface area contributed by atoms with Gasteiger partial charge < -0.3 is 14.3 Å². The maximum Gasteiger partial charge on any atom is 0.275 e. The van der Waals surface area contributed by atoms with Gasteiger partial charge in [0, 0.05) is 30.2 Å². The van der Waals surface area contributed by atoms with Crippen LogP contribution in [0, 0.1) is 6.92 Å². The number of hydrogen-bond acceptors (Lipinski definition) is 2. The molecule has 0 aliphatic heterocycles. The van der Waals surface area contributed by atoms with Crippen LogP contribution in [-0.4, -0.2) is 21.4 Å². The second-order valence-electron chi connectivity index (χ2n) is 7.54. The second kappa shape index (κ2) is 8.88. The van der Waals surface area contributed by atoms with E-state index in [2.05, 4.69) is 52.4 Å². The van der Waals surface area contributed by atoms with E-state index in [0.29, 0.717) is 31.4 Å². The molecule has 2 heterocycles. The molecule has 4 rings (SSSR count). The van der Waals surface area contributed by atoms with Crippen LogP contribution in [0.4, 0.5) is 0 Å². The van der Waals surface area contributed by atoms with E-state index in [4.69, 9.17) is 0 Å². The van der Waals surface area contributed by atoms with Gasteiger partial charge in [-0.1, -0.05) is 45.8 Å². The van der Waals surface area contributed by atoms with Gasteiger partial charge in [-0.05, 0) is 55.7 Å². The number of nitrogens with one attached hydrogen (secondary N) is 1. The highest BCUT2D eigenvalue weighted by Gasteiger charge is 2.11. The third-order valence-electron chi connectivity index (χ3n) is 5.34. The number of benzene rings is 2. The molecule has 0 aliphatic carbocycles. The van der Waals surface area contributed by atoms with Gasteiger partial charge in [0.1, 0.15) is 5.52 Å². The lowest BCUT2D eigenvalue weighted by atomic mass is 10.1. The number of halogens is 1. The summed E-state index contributed by atoms with van der Waals surface area (Å²) >= 11 is 3.50. The first-order valence-electron chi connectivity index (χ1n) is 10.1. The minimum absolute atomic E-state index is 0.0180. The van der Waals surface area contributed by atoms with E-state index >= 15 is 0 Å². The lowest BCUT2D eigenvalue weighted by Gasteiger charge is -2.13. The molecule has 0 bridgehead atoms. The Morgan fingerprint density at radius 1 is 1.03 bits per heavy atom. The maximum absolute atomic E-state index is 13.0. The van der Waals surface area contributed by atoms with Gasteiger partial charge in [0.2, 0.25) is 5.91 Å². The van der Waals surface area contributed by atoms with Gasteiger partial charge in [-0.25, -0.2) is 0 Å². The number of carbonyl (C=O) groups is 1. The summed E-state index contributed by atoms with van der Waals surface area (Å²) in [5, 5.41) is 2.98. The normalized spacial score (nSPS) is 11.3. The Morgan fingerprint density at radius 3 is 2.63 bits per heavy atom. The molecule has 5 nitrogen and oxygen atoms in total. The SMILES string of the molecule is Cc1ccc(CCNC(=O)CCCn2c(=O)c3cccn3c3ccc(Br)cc32)cc1. The fraction of sp³-hybridized carbons (Fsp3) is 0.250. The molecule has 0 aliphatic rings. The van der Waals surface area contributed by atoms with Crippen molar-refractivity contribution in [3.63, 3.8) is 0 Å². The Hall–Kier alpha value is -2.86. The quantitative estimate of drug-likeness (QED) is 0.437. The molecule has 1 amide bonds. The van der Waals surface area contributed by atoms with Crippen molar-refractivity contribution < 1.29 is 4.79 Å². The zero-order valence-electron chi connectivity index (χ0n) is 16.9. The van der Waals surface area contributed by atoms with E-state index in [1.54, 1.807) is 4.57 Å². The van der Waals surface area contributed by atoms with Crippen LogP contribution >= 0.6 is 15.9 Å². The minimum atomic E-state index is -0.0367. The lowest BCUT2D eigenvalue weighted by molar-refractivity contribution is -0.121. The van der Waals surface area contributed by atoms with Crippen molar-refractivity contribution in [3.05, 3.63) is 86.7 Å². The Balaban J connectivity index is 1.40. The molecule has 0 saturated heterocycles. The topological polar surface area (TPSA) is 55.5 Å². The second-order valence-corrected chi connectivity index (χ2v) is 8.46. The zero-order valence-corrected chi connectivity index (χ0v) is 18.5. The molecule has 0 radical (unpaired) electrons. The molecule has 0 unspecified atom stereocenters. The van der Waals surface area contributed by atoms with Crippen LogP contribution in [0.25, 0.3) is 16.6 Å². The van der Waals surface area contributed by atoms with Gasteiger partial charge in [-0.15, -0.1) is 0 Å². The number of hydrogen-bond donors (Lipinski definition) is 1. The molecule has 1 N–H and O–H groups in total. The molecule has 2 aromatic carbocycles. The first-order chi connectivity index (χ1) is 14.5. The van der Waals surface area contributed by atoms with Gasteiger partial charge in [0.05, 0.1) is 11.0 Å². The maximum atomic E-state index is 13.0. The first kappa shape index (κ1) is 20.4. The molecule has 154 valence electrons. The van der Waals surface area contributed by atoms with Gasteiger partial charge in [-0.3, -0.25) is 9.59 Å². The summed E-state index contributed by atoms with van der Waals surface area (Å²) in [6, 6.07) is 18.0. The molecule has 2 aromatic heterocycles. The molecule has 30 heavy (non-hydrogen) atoms. The number of aryl methyl sites for hydroxylation is 2. The van der Waals surface area contributed by atoms with Crippen molar-refractivity contribution in [2.45, 2.75) is 32.7 Å². The summed E-state index contributed by atoms with van der Waals surface area (Å²) in [6.45, 7) is 3.18. The van der Waals surface area contributed by atoms with E-state index < -0.39 is 0 Å². The van der Waals surface area contributed by atoms with Gasteiger partial charge in [0.15, 0.2) is 0 Å². The van der Waals surface area contributed by atoms with Crippen LogP contribution in [0.5, 0.6) is 0 Å². The Morgan fingerprint density at radius 2 is 1.83 bits per heavy atom. The van der Waals surface area contributed by atoms with Gasteiger partial charge in [-0.2, -0.15) is 0 Å². The van der Waals surface area contributed by atoms with Crippen LogP contribution in [0.15, 0.2) is 70.1 Å². The number of aromatic nitrogens is 2. The van der Waals surface area contributed by atoms with Gasteiger partial charge in [0.25, 0.3) is 5.56 Å². The third-order valence-corrected chi connectivity index (χ3v) is 5.84. The number of fused-ring (bicyclic) bond motifs is 3. The van der Waals surface area contributed by atoms with Crippen LogP contribution < -0.4 is 10.9 Å². The average Bonchev–Trinajstić information content (AvgIpc) is 3.22. The molecule has 0 spiro atoms. The van der Waals surface area contributed by atoms with E-state index in [-0.39, 0.29) is 11.5 Å². The Bertz CT molecular complexity index is 1260. The Kier molecular flexibility index (Phi) is 6.04. The molecule has 0 saturated carbocycles. The molecule has 6 heteroatoms. The number of nitrogens with zero attached hydrogens (tertiary/aromatic N) is 2. The Labute approximate surface area is 183 Å². The highest BCUT2D eigenvalue weighted by molar-refractivity contribution is 9.10. The minimum Gasteiger partial charge on any atom is -0.356 e. The molecule has 0 fully saturated rings. The molecule has 4 aromatic rings. The fourth-order valence-corrected chi connectivity index (χ4v) is 4.09. The molecule has 0 atom stereocenters. The zero-order chi connectivity index (χ0) is 21.1. The number of amides is 1. The van der Waals surface area contributed by atoms with Crippen LogP contribution in [-0.2, 0) is 17.8 Å². The molecular formula is C24H24BrN3O2. The first-order valence-corrected chi connectivity index (χ1v) is 10.9. The highest BCUT2D eigenvalue weighted by atomic mass is 79.9. The van der Waals surface area contributed by atoms with Crippen LogP contribution in [0.2, 0.25) is 0 Å². The van der Waals surface area contributed by atoms with Crippen molar-refractivity contribution in [1.29, 1.82) is 0 Å². The standard InChI is InChI=1S/C24H24BrN3O2/c1-17-6-8-18(9-7-17)12-13-26-23(29)5-3-15-28-22-16-19(25)10-11-20(22)27-14-2-4-21(27)24(28)30/h2,4,6-11,14,16H,3,5,12-13,15H2,1H3,(H,26,29). The third kappa shape index (κ3) is 4.33. The fourth-order valence-electron chi connectivity index (χ4n) is 3.74. The van der Waals surface area contributed by atoms with Crippen molar-refractivity contribution >= 4 is 38.4 Å². The summed E-state index contributed by atoms with van der Waals surface area (Å²) in [5.74, 6) is 0.0180. The summed E-state index contributed by atoms with van der Waals surface area (Å²) in [7, 11) is 0. The summed E-state index contributed by atoms with van der Waals surface area (Å²) < 4.78 is 4.61. The van der Waals surface area contributed by atoms with E-state index in [9.17, 15) is 9.59 Å². The van der Waals surface area contributed by atoms with Crippen molar-refractivity contribution in [2.75, 3.05) is 6.54 Å². The van der Waals surface area contributed by atoms with Crippen molar-refractivity contribution in [3.8, 4) is 0 Å². The monoisotopic (exact) mass is 465 g/mol. The highest BCUT2D eigenvalue weighted by Crippen LogP contribution is 2.20. The van der Waals surface area contributed by atoms with Crippen molar-refractivity contribution in [1.82, 2.24) is 14.3 Å². The van der Waals surface area contributed by atoms with E-state index in [1.165, 1.54) is 11.1 Å². The summed E-state index contributed by atoms with van der Waals surface area (Å²) in [4.78, 5) is 25.2. The van der Waals surface area contributed by atoms with Crippen molar-refractivity contribution in [2.24, 2.45) is 0 Å². The largest absolute Gasteiger partial charge is 0.356 e. The van der Waals surface area contributed by atoms with Crippen LogP contribution in [0.1, 0.15) is 24.0 Å². The summed E-state index contributed by atoms with van der Waals surface area (Å²) in [6.07, 6.45) is 3.71.